The van der Waals surface area contributed by atoms with E-state index in [1.54, 1.807) is 6.07 Å². The Bertz CT molecular complexity index is 318. The second kappa shape index (κ2) is 3.99. The molecule has 14 heavy (non-hydrogen) atoms. The maximum Gasteiger partial charge on any atom is 0.128 e. The van der Waals surface area contributed by atoms with Crippen molar-refractivity contribution in [3.05, 3.63) is 29.6 Å². The average molecular weight is 193 g/mol. The van der Waals surface area contributed by atoms with E-state index in [1.807, 2.05) is 19.1 Å². The minimum atomic E-state index is -0.0895. The monoisotopic (exact) mass is 193 g/mol. The molecule has 1 aromatic carbocycles. The minimum Gasteiger partial charge on any atom is -0.385 e. The molecule has 0 aliphatic heterocycles. The highest BCUT2D eigenvalue weighted by atomic mass is 19.1. The molecule has 0 amide bonds. The molecule has 0 atom stereocenters. The van der Waals surface area contributed by atoms with Crippen molar-refractivity contribution < 1.29 is 4.39 Å². The third-order valence-electron chi connectivity index (χ3n) is 2.73. The molecule has 1 aliphatic rings. The molecule has 0 heterocycles. The van der Waals surface area contributed by atoms with Crippen molar-refractivity contribution >= 4 is 5.69 Å². The third kappa shape index (κ3) is 2.25. The largest absolute Gasteiger partial charge is 0.385 e. The second-order valence-electron chi connectivity index (χ2n) is 3.98. The predicted molar refractivity (Wildman–Crippen MR) is 57.0 cm³/mol. The summed E-state index contributed by atoms with van der Waals surface area (Å²) < 4.78 is 13.4. The van der Waals surface area contributed by atoms with Crippen LogP contribution in [0.1, 0.15) is 25.3 Å². The number of halogens is 1. The van der Waals surface area contributed by atoms with E-state index in [0.29, 0.717) is 0 Å². The van der Waals surface area contributed by atoms with Gasteiger partial charge in [0, 0.05) is 12.2 Å². The van der Waals surface area contributed by atoms with Crippen LogP contribution in [-0.2, 0) is 6.42 Å². The fourth-order valence-corrected chi connectivity index (χ4v) is 1.53. The van der Waals surface area contributed by atoms with Gasteiger partial charge in [-0.1, -0.05) is 13.0 Å². The lowest BCUT2D eigenvalue weighted by Gasteiger charge is -2.06. The van der Waals surface area contributed by atoms with Gasteiger partial charge in [-0.25, -0.2) is 4.39 Å². The van der Waals surface area contributed by atoms with Crippen LogP contribution >= 0.6 is 0 Å². The Balaban J connectivity index is 1.99. The second-order valence-corrected chi connectivity index (χ2v) is 3.98. The SMILES string of the molecule is CCc1ccc(NCC2CC2)cc1F. The first-order valence-electron chi connectivity index (χ1n) is 5.32. The van der Waals surface area contributed by atoms with Crippen molar-refractivity contribution in [1.29, 1.82) is 0 Å². The number of anilines is 1. The van der Waals surface area contributed by atoms with Crippen LogP contribution in [0.2, 0.25) is 0 Å². The molecule has 1 saturated carbocycles. The average Bonchev–Trinajstić information content (AvgIpc) is 2.98. The molecule has 2 heteroatoms. The maximum atomic E-state index is 13.4. The molecule has 0 saturated heterocycles. The molecule has 2 rings (SSSR count). The zero-order valence-electron chi connectivity index (χ0n) is 8.52. The van der Waals surface area contributed by atoms with Gasteiger partial charge in [0.25, 0.3) is 0 Å². The van der Waals surface area contributed by atoms with E-state index < -0.39 is 0 Å². The summed E-state index contributed by atoms with van der Waals surface area (Å²) >= 11 is 0. The molecule has 1 aromatic rings. The number of hydrogen-bond donors (Lipinski definition) is 1. The number of nitrogens with one attached hydrogen (secondary N) is 1. The summed E-state index contributed by atoms with van der Waals surface area (Å²) in [7, 11) is 0. The van der Waals surface area contributed by atoms with Crippen LogP contribution in [0.15, 0.2) is 18.2 Å². The van der Waals surface area contributed by atoms with Crippen molar-refractivity contribution in [2.75, 3.05) is 11.9 Å². The standard InChI is InChI=1S/C12H16FN/c1-2-10-5-6-11(7-12(10)13)14-8-9-3-4-9/h5-7,9,14H,2-4,8H2,1H3. The van der Waals surface area contributed by atoms with Gasteiger partial charge in [0.2, 0.25) is 0 Å². The van der Waals surface area contributed by atoms with Crippen LogP contribution in [-0.4, -0.2) is 6.54 Å². The molecule has 0 unspecified atom stereocenters. The highest BCUT2D eigenvalue weighted by Crippen LogP contribution is 2.29. The summed E-state index contributed by atoms with van der Waals surface area (Å²) in [4.78, 5) is 0. The highest BCUT2D eigenvalue weighted by molar-refractivity contribution is 5.45. The Morgan fingerprint density at radius 1 is 1.43 bits per heavy atom. The van der Waals surface area contributed by atoms with Gasteiger partial charge in [0.1, 0.15) is 5.82 Å². The molecule has 0 bridgehead atoms. The lowest BCUT2D eigenvalue weighted by atomic mass is 10.1. The molecule has 0 spiro atoms. The van der Waals surface area contributed by atoms with E-state index in [9.17, 15) is 4.39 Å². The first kappa shape index (κ1) is 9.50. The van der Waals surface area contributed by atoms with Crippen LogP contribution in [0, 0.1) is 11.7 Å². The van der Waals surface area contributed by atoms with Crippen LogP contribution < -0.4 is 5.32 Å². The van der Waals surface area contributed by atoms with Crippen LogP contribution in [0.3, 0.4) is 0 Å². The smallest absolute Gasteiger partial charge is 0.128 e. The Morgan fingerprint density at radius 2 is 2.21 bits per heavy atom. The van der Waals surface area contributed by atoms with Gasteiger partial charge in [-0.3, -0.25) is 0 Å². The molecule has 1 nitrogen and oxygen atoms in total. The summed E-state index contributed by atoms with van der Waals surface area (Å²) in [5.41, 5.74) is 1.70. The number of hydrogen-bond acceptors (Lipinski definition) is 1. The van der Waals surface area contributed by atoms with E-state index in [-0.39, 0.29) is 5.82 Å². The number of benzene rings is 1. The molecule has 0 aromatic heterocycles. The van der Waals surface area contributed by atoms with E-state index in [0.717, 1.165) is 30.1 Å². The van der Waals surface area contributed by atoms with Gasteiger partial charge >= 0.3 is 0 Å². The maximum absolute atomic E-state index is 13.4. The minimum absolute atomic E-state index is 0.0895. The van der Waals surface area contributed by atoms with Crippen molar-refractivity contribution in [2.24, 2.45) is 5.92 Å². The third-order valence-corrected chi connectivity index (χ3v) is 2.73. The van der Waals surface area contributed by atoms with Gasteiger partial charge in [0.15, 0.2) is 0 Å². The number of rotatable bonds is 4. The predicted octanol–water partition coefficient (Wildman–Crippen LogP) is 3.21. The Morgan fingerprint density at radius 3 is 2.79 bits per heavy atom. The first-order valence-corrected chi connectivity index (χ1v) is 5.32. The topological polar surface area (TPSA) is 12.0 Å². The highest BCUT2D eigenvalue weighted by Gasteiger charge is 2.20. The Kier molecular flexibility index (Phi) is 2.71. The van der Waals surface area contributed by atoms with Crippen LogP contribution in [0.25, 0.3) is 0 Å². The van der Waals surface area contributed by atoms with Crippen LogP contribution in [0.4, 0.5) is 10.1 Å². The summed E-state index contributed by atoms with van der Waals surface area (Å²) in [6.45, 7) is 2.96. The lowest BCUT2D eigenvalue weighted by molar-refractivity contribution is 0.612. The Labute approximate surface area is 84.3 Å². The molecular weight excluding hydrogens is 177 g/mol. The fraction of sp³-hybridized carbons (Fsp3) is 0.500. The molecular formula is C12H16FN. The van der Waals surface area contributed by atoms with E-state index >= 15 is 0 Å². The molecule has 1 aliphatic carbocycles. The summed E-state index contributed by atoms with van der Waals surface area (Å²) in [5, 5.41) is 3.26. The zero-order chi connectivity index (χ0) is 9.97. The summed E-state index contributed by atoms with van der Waals surface area (Å²) in [5.74, 6) is 0.734. The normalized spacial score (nSPS) is 15.6. The lowest BCUT2D eigenvalue weighted by Crippen LogP contribution is -2.03. The van der Waals surface area contributed by atoms with Gasteiger partial charge < -0.3 is 5.32 Å². The molecule has 0 radical (unpaired) electrons. The summed E-state index contributed by atoms with van der Waals surface area (Å²) in [6, 6.07) is 5.43. The van der Waals surface area contributed by atoms with Gasteiger partial charge in [-0.2, -0.15) is 0 Å². The van der Waals surface area contributed by atoms with Crippen molar-refractivity contribution in [1.82, 2.24) is 0 Å². The van der Waals surface area contributed by atoms with Crippen molar-refractivity contribution in [3.8, 4) is 0 Å². The van der Waals surface area contributed by atoms with Crippen molar-refractivity contribution in [2.45, 2.75) is 26.2 Å². The van der Waals surface area contributed by atoms with E-state index in [1.165, 1.54) is 12.8 Å². The molecule has 1 fully saturated rings. The summed E-state index contributed by atoms with van der Waals surface area (Å²) in [6.07, 6.45) is 3.40. The van der Waals surface area contributed by atoms with Gasteiger partial charge in [-0.05, 0) is 42.9 Å². The Hall–Kier alpha value is -1.05. The van der Waals surface area contributed by atoms with E-state index in [4.69, 9.17) is 0 Å². The van der Waals surface area contributed by atoms with E-state index in [2.05, 4.69) is 5.32 Å². The molecule has 76 valence electrons. The quantitative estimate of drug-likeness (QED) is 0.774. The van der Waals surface area contributed by atoms with Gasteiger partial charge in [0.05, 0.1) is 0 Å². The number of aryl methyl sites for hydroxylation is 1. The zero-order valence-corrected chi connectivity index (χ0v) is 8.52. The molecule has 1 N–H and O–H groups in total. The fourth-order valence-electron chi connectivity index (χ4n) is 1.53. The van der Waals surface area contributed by atoms with Gasteiger partial charge in [-0.15, -0.1) is 0 Å². The van der Waals surface area contributed by atoms with Crippen LogP contribution in [0.5, 0.6) is 0 Å². The first-order chi connectivity index (χ1) is 6.79. The van der Waals surface area contributed by atoms with Crippen molar-refractivity contribution in [3.63, 3.8) is 0 Å².